The Labute approximate surface area is 73.4 Å². The predicted octanol–water partition coefficient (Wildman–Crippen LogP) is 2.09. The molecule has 0 aromatic heterocycles. The Bertz CT molecular complexity index is 263. The fourth-order valence-corrected chi connectivity index (χ4v) is 1.13. The summed E-state index contributed by atoms with van der Waals surface area (Å²) in [4.78, 5) is 0. The van der Waals surface area contributed by atoms with E-state index in [0.29, 0.717) is 0 Å². The van der Waals surface area contributed by atoms with E-state index in [1.807, 2.05) is 6.08 Å². The third-order valence-corrected chi connectivity index (χ3v) is 1.71. The molecule has 1 rings (SSSR count). The summed E-state index contributed by atoms with van der Waals surface area (Å²) < 4.78 is 0. The van der Waals surface area contributed by atoms with Crippen molar-refractivity contribution in [2.75, 3.05) is 6.61 Å². The Morgan fingerprint density at radius 1 is 1.33 bits per heavy atom. The van der Waals surface area contributed by atoms with E-state index in [1.165, 1.54) is 11.1 Å². The summed E-state index contributed by atoms with van der Waals surface area (Å²) in [6.45, 7) is 2.21. The third kappa shape index (κ3) is 2.89. The topological polar surface area (TPSA) is 20.2 Å². The van der Waals surface area contributed by atoms with Gasteiger partial charge in [0.05, 0.1) is 6.61 Å². The van der Waals surface area contributed by atoms with E-state index in [-0.39, 0.29) is 6.61 Å². The number of rotatable bonds is 3. The molecule has 1 N–H and O–H groups in total. The van der Waals surface area contributed by atoms with Crippen LogP contribution in [0.15, 0.2) is 36.4 Å². The molecule has 1 heteroatoms. The first-order valence-electron chi connectivity index (χ1n) is 4.14. The SMILES string of the molecule is Cc1cccc(CC=CCO)c1. The first-order chi connectivity index (χ1) is 5.83. The van der Waals surface area contributed by atoms with Gasteiger partial charge in [-0.2, -0.15) is 0 Å². The van der Waals surface area contributed by atoms with Gasteiger partial charge in [-0.05, 0) is 18.9 Å². The molecule has 12 heavy (non-hydrogen) atoms. The van der Waals surface area contributed by atoms with Crippen molar-refractivity contribution in [1.29, 1.82) is 0 Å². The van der Waals surface area contributed by atoms with Crippen molar-refractivity contribution >= 4 is 0 Å². The van der Waals surface area contributed by atoms with E-state index >= 15 is 0 Å². The van der Waals surface area contributed by atoms with E-state index in [0.717, 1.165) is 6.42 Å². The molecule has 0 radical (unpaired) electrons. The van der Waals surface area contributed by atoms with Crippen molar-refractivity contribution in [3.05, 3.63) is 47.5 Å². The molecule has 0 amide bonds. The summed E-state index contributed by atoms with van der Waals surface area (Å²) >= 11 is 0. The number of aryl methyl sites for hydroxylation is 1. The first-order valence-corrected chi connectivity index (χ1v) is 4.14. The molecule has 0 bridgehead atoms. The standard InChI is InChI=1S/C11H14O/c1-10-5-4-7-11(9-10)6-2-3-8-12/h2-5,7,9,12H,6,8H2,1H3. The fourth-order valence-electron chi connectivity index (χ4n) is 1.13. The third-order valence-electron chi connectivity index (χ3n) is 1.71. The van der Waals surface area contributed by atoms with Gasteiger partial charge in [0, 0.05) is 0 Å². The fraction of sp³-hybridized carbons (Fsp3) is 0.273. The Balaban J connectivity index is 2.57. The maximum atomic E-state index is 8.51. The average molecular weight is 162 g/mol. The van der Waals surface area contributed by atoms with Crippen LogP contribution in [-0.2, 0) is 6.42 Å². The van der Waals surface area contributed by atoms with Gasteiger partial charge in [-0.15, -0.1) is 0 Å². The lowest BCUT2D eigenvalue weighted by Crippen LogP contribution is -1.82. The Morgan fingerprint density at radius 3 is 2.83 bits per heavy atom. The van der Waals surface area contributed by atoms with Crippen molar-refractivity contribution < 1.29 is 5.11 Å². The number of benzene rings is 1. The summed E-state index contributed by atoms with van der Waals surface area (Å²) in [7, 11) is 0. The molecule has 1 aromatic carbocycles. The van der Waals surface area contributed by atoms with Gasteiger partial charge in [-0.25, -0.2) is 0 Å². The van der Waals surface area contributed by atoms with Crippen LogP contribution in [-0.4, -0.2) is 11.7 Å². The predicted molar refractivity (Wildman–Crippen MR) is 51.1 cm³/mol. The van der Waals surface area contributed by atoms with Crippen molar-refractivity contribution in [1.82, 2.24) is 0 Å². The molecule has 0 aliphatic carbocycles. The number of hydrogen-bond acceptors (Lipinski definition) is 1. The maximum absolute atomic E-state index is 8.51. The molecule has 64 valence electrons. The molecule has 0 aliphatic rings. The largest absolute Gasteiger partial charge is 0.392 e. The van der Waals surface area contributed by atoms with Crippen LogP contribution >= 0.6 is 0 Å². The molecule has 0 aliphatic heterocycles. The highest BCUT2D eigenvalue weighted by atomic mass is 16.2. The molecule has 0 saturated heterocycles. The summed E-state index contributed by atoms with van der Waals surface area (Å²) in [6, 6.07) is 8.38. The van der Waals surface area contributed by atoms with Crippen LogP contribution in [0, 0.1) is 6.92 Å². The lowest BCUT2D eigenvalue weighted by atomic mass is 10.1. The minimum Gasteiger partial charge on any atom is -0.392 e. The van der Waals surface area contributed by atoms with Gasteiger partial charge in [-0.1, -0.05) is 42.0 Å². The molecule has 0 saturated carbocycles. The summed E-state index contributed by atoms with van der Waals surface area (Å²) in [6.07, 6.45) is 4.65. The second-order valence-corrected chi connectivity index (χ2v) is 2.85. The van der Waals surface area contributed by atoms with Crippen molar-refractivity contribution in [3.8, 4) is 0 Å². The molecular weight excluding hydrogens is 148 g/mol. The van der Waals surface area contributed by atoms with Crippen molar-refractivity contribution in [3.63, 3.8) is 0 Å². The zero-order chi connectivity index (χ0) is 8.81. The van der Waals surface area contributed by atoms with Crippen LogP contribution in [0.3, 0.4) is 0 Å². The minimum absolute atomic E-state index is 0.131. The van der Waals surface area contributed by atoms with E-state index in [2.05, 4.69) is 31.2 Å². The highest BCUT2D eigenvalue weighted by molar-refractivity contribution is 5.23. The lowest BCUT2D eigenvalue weighted by Gasteiger charge is -1.97. The molecule has 0 fully saturated rings. The molecule has 0 atom stereocenters. The Hall–Kier alpha value is -1.08. The molecule has 0 heterocycles. The molecule has 0 unspecified atom stereocenters. The normalized spacial score (nSPS) is 10.8. The van der Waals surface area contributed by atoms with E-state index in [9.17, 15) is 0 Å². The van der Waals surface area contributed by atoms with Crippen LogP contribution in [0.1, 0.15) is 11.1 Å². The molecular formula is C11H14O. The summed E-state index contributed by atoms with van der Waals surface area (Å²) in [5.41, 5.74) is 2.57. The van der Waals surface area contributed by atoms with Crippen LogP contribution < -0.4 is 0 Å². The Kier molecular flexibility index (Phi) is 3.55. The van der Waals surface area contributed by atoms with Gasteiger partial charge in [0.15, 0.2) is 0 Å². The quantitative estimate of drug-likeness (QED) is 0.675. The highest BCUT2D eigenvalue weighted by Gasteiger charge is 1.88. The van der Waals surface area contributed by atoms with Crippen molar-refractivity contribution in [2.24, 2.45) is 0 Å². The average Bonchev–Trinajstić information content (AvgIpc) is 2.05. The van der Waals surface area contributed by atoms with Gasteiger partial charge in [0.2, 0.25) is 0 Å². The van der Waals surface area contributed by atoms with Gasteiger partial charge >= 0.3 is 0 Å². The van der Waals surface area contributed by atoms with Gasteiger partial charge in [0.25, 0.3) is 0 Å². The number of aliphatic hydroxyl groups is 1. The number of aliphatic hydroxyl groups excluding tert-OH is 1. The van der Waals surface area contributed by atoms with Crippen LogP contribution in [0.4, 0.5) is 0 Å². The zero-order valence-electron chi connectivity index (χ0n) is 7.33. The smallest absolute Gasteiger partial charge is 0.0612 e. The number of allylic oxidation sites excluding steroid dienone is 1. The Morgan fingerprint density at radius 2 is 2.17 bits per heavy atom. The van der Waals surface area contributed by atoms with Crippen molar-refractivity contribution in [2.45, 2.75) is 13.3 Å². The second-order valence-electron chi connectivity index (χ2n) is 2.85. The molecule has 1 nitrogen and oxygen atoms in total. The van der Waals surface area contributed by atoms with Gasteiger partial charge in [-0.3, -0.25) is 0 Å². The van der Waals surface area contributed by atoms with E-state index in [4.69, 9.17) is 5.11 Å². The van der Waals surface area contributed by atoms with E-state index < -0.39 is 0 Å². The van der Waals surface area contributed by atoms with Crippen LogP contribution in [0.2, 0.25) is 0 Å². The zero-order valence-corrected chi connectivity index (χ0v) is 7.33. The van der Waals surface area contributed by atoms with E-state index in [1.54, 1.807) is 6.08 Å². The summed E-state index contributed by atoms with van der Waals surface area (Å²) in [5.74, 6) is 0. The molecule has 0 spiro atoms. The van der Waals surface area contributed by atoms with Gasteiger partial charge in [0.1, 0.15) is 0 Å². The monoisotopic (exact) mass is 162 g/mol. The highest BCUT2D eigenvalue weighted by Crippen LogP contribution is 2.04. The van der Waals surface area contributed by atoms with Crippen LogP contribution in [0.5, 0.6) is 0 Å². The lowest BCUT2D eigenvalue weighted by molar-refractivity contribution is 0.342. The van der Waals surface area contributed by atoms with Gasteiger partial charge < -0.3 is 5.11 Å². The van der Waals surface area contributed by atoms with Crippen LogP contribution in [0.25, 0.3) is 0 Å². The minimum atomic E-state index is 0.131. The summed E-state index contributed by atoms with van der Waals surface area (Å²) in [5, 5.41) is 8.51. The number of hydrogen-bond donors (Lipinski definition) is 1. The molecule has 1 aromatic rings. The maximum Gasteiger partial charge on any atom is 0.0612 e. The first kappa shape index (κ1) is 9.01. The second kappa shape index (κ2) is 4.73.